The summed E-state index contributed by atoms with van der Waals surface area (Å²) in [6.45, 7) is 2.80. The molecule has 0 radical (unpaired) electrons. The number of carbonyl (C=O) groups is 1. The van der Waals surface area contributed by atoms with Crippen molar-refractivity contribution in [1.82, 2.24) is 14.5 Å². The molecule has 1 N–H and O–H groups in total. The van der Waals surface area contributed by atoms with Gasteiger partial charge in [0.05, 0.1) is 6.54 Å². The first-order valence-electron chi connectivity index (χ1n) is 9.13. The largest absolute Gasteiger partial charge is 0.339 e. The highest BCUT2D eigenvalue weighted by Gasteiger charge is 2.35. The fraction of sp³-hybridized carbons (Fsp3) is 0.706. The minimum absolute atomic E-state index is 0.0368. The molecule has 0 spiro atoms. The summed E-state index contributed by atoms with van der Waals surface area (Å²) in [5.74, 6) is -0.0779. The van der Waals surface area contributed by atoms with Crippen LogP contribution in [-0.4, -0.2) is 62.3 Å². The molecule has 1 amide bonds. The zero-order chi connectivity index (χ0) is 17.7. The van der Waals surface area contributed by atoms with Crippen LogP contribution in [0.3, 0.4) is 0 Å². The van der Waals surface area contributed by atoms with Gasteiger partial charge in [0.1, 0.15) is 4.21 Å². The molecule has 140 valence electrons. The van der Waals surface area contributed by atoms with E-state index in [1.54, 1.807) is 22.4 Å². The number of nitrogens with zero attached hydrogens (tertiary/aromatic N) is 2. The Morgan fingerprint density at radius 2 is 1.88 bits per heavy atom. The van der Waals surface area contributed by atoms with Crippen LogP contribution < -0.4 is 5.32 Å². The number of nitrogens with one attached hydrogen (secondary N) is 1. The minimum Gasteiger partial charge on any atom is -0.339 e. The Hall–Kier alpha value is -0.960. The molecular weight excluding hydrogens is 358 g/mol. The fourth-order valence-electron chi connectivity index (χ4n) is 3.63. The van der Waals surface area contributed by atoms with E-state index in [2.05, 4.69) is 5.32 Å². The van der Waals surface area contributed by atoms with Gasteiger partial charge in [0.15, 0.2) is 0 Å². The molecule has 3 rings (SSSR count). The van der Waals surface area contributed by atoms with E-state index in [4.69, 9.17) is 0 Å². The SMILES string of the molecule is O=C(CN(C1CCCCCC1)S(=O)(=O)c1cccs1)N1CCNCC1. The molecule has 0 bridgehead atoms. The summed E-state index contributed by atoms with van der Waals surface area (Å²) in [6.07, 6.45) is 6.05. The van der Waals surface area contributed by atoms with Crippen molar-refractivity contribution in [1.29, 1.82) is 0 Å². The van der Waals surface area contributed by atoms with E-state index in [-0.39, 0.29) is 18.5 Å². The van der Waals surface area contributed by atoms with Crippen LogP contribution in [0, 0.1) is 0 Å². The van der Waals surface area contributed by atoms with Crippen LogP contribution in [0.1, 0.15) is 38.5 Å². The highest BCUT2D eigenvalue weighted by atomic mass is 32.2. The van der Waals surface area contributed by atoms with Gasteiger partial charge in [0.2, 0.25) is 5.91 Å². The number of hydrogen-bond donors (Lipinski definition) is 1. The van der Waals surface area contributed by atoms with Gasteiger partial charge >= 0.3 is 0 Å². The highest BCUT2D eigenvalue weighted by Crippen LogP contribution is 2.29. The Bertz CT molecular complexity index is 647. The molecule has 2 fully saturated rings. The quantitative estimate of drug-likeness (QED) is 0.786. The second-order valence-corrected chi connectivity index (χ2v) is 9.82. The van der Waals surface area contributed by atoms with Gasteiger partial charge in [-0.3, -0.25) is 4.79 Å². The second kappa shape index (κ2) is 8.62. The number of amides is 1. The molecule has 0 aromatic carbocycles. The van der Waals surface area contributed by atoms with Gasteiger partial charge in [-0.05, 0) is 24.3 Å². The molecule has 2 heterocycles. The number of thiophene rings is 1. The van der Waals surface area contributed by atoms with Crippen molar-refractivity contribution >= 4 is 27.3 Å². The van der Waals surface area contributed by atoms with Crippen LogP contribution >= 0.6 is 11.3 Å². The van der Waals surface area contributed by atoms with Crippen LogP contribution in [0.4, 0.5) is 0 Å². The topological polar surface area (TPSA) is 69.7 Å². The number of rotatable bonds is 5. The molecule has 25 heavy (non-hydrogen) atoms. The molecule has 1 aromatic rings. The summed E-state index contributed by atoms with van der Waals surface area (Å²) in [4.78, 5) is 14.5. The van der Waals surface area contributed by atoms with Crippen LogP contribution in [0.15, 0.2) is 21.7 Å². The summed E-state index contributed by atoms with van der Waals surface area (Å²) < 4.78 is 28.2. The Labute approximate surface area is 154 Å². The van der Waals surface area contributed by atoms with Gasteiger partial charge in [-0.15, -0.1) is 11.3 Å². The van der Waals surface area contributed by atoms with E-state index in [1.807, 2.05) is 0 Å². The van der Waals surface area contributed by atoms with Gasteiger partial charge in [-0.1, -0.05) is 31.7 Å². The molecule has 6 nitrogen and oxygen atoms in total. The second-order valence-electron chi connectivity index (χ2n) is 6.76. The lowest BCUT2D eigenvalue weighted by molar-refractivity contribution is -0.132. The summed E-state index contributed by atoms with van der Waals surface area (Å²) in [5, 5.41) is 5.00. The van der Waals surface area contributed by atoms with Gasteiger partial charge in [-0.25, -0.2) is 8.42 Å². The van der Waals surface area contributed by atoms with E-state index in [0.717, 1.165) is 51.6 Å². The monoisotopic (exact) mass is 385 g/mol. The minimum atomic E-state index is -3.62. The predicted molar refractivity (Wildman–Crippen MR) is 99.2 cm³/mol. The first-order chi connectivity index (χ1) is 12.1. The van der Waals surface area contributed by atoms with Gasteiger partial charge < -0.3 is 10.2 Å². The summed E-state index contributed by atoms with van der Waals surface area (Å²) >= 11 is 1.23. The predicted octanol–water partition coefficient (Wildman–Crippen LogP) is 1.89. The third-order valence-electron chi connectivity index (χ3n) is 5.05. The van der Waals surface area contributed by atoms with Gasteiger partial charge in [0.25, 0.3) is 10.0 Å². The lowest BCUT2D eigenvalue weighted by Gasteiger charge is -2.33. The molecule has 2 aliphatic rings. The van der Waals surface area contributed by atoms with Crippen LogP contribution in [0.2, 0.25) is 0 Å². The Morgan fingerprint density at radius 1 is 1.20 bits per heavy atom. The van der Waals surface area contributed by atoms with E-state index < -0.39 is 10.0 Å². The standard InChI is InChI=1S/C17H27N3O3S2/c21-16(19-11-9-18-10-12-19)14-20(15-6-3-1-2-4-7-15)25(22,23)17-8-5-13-24-17/h5,8,13,15,18H,1-4,6-7,9-12,14H2. The molecule has 1 saturated heterocycles. The van der Waals surface area contributed by atoms with Crippen molar-refractivity contribution in [3.05, 3.63) is 17.5 Å². The lowest BCUT2D eigenvalue weighted by Crippen LogP contribution is -2.52. The average Bonchev–Trinajstić information content (AvgIpc) is 3.05. The summed E-state index contributed by atoms with van der Waals surface area (Å²) in [6, 6.07) is 3.32. The lowest BCUT2D eigenvalue weighted by atomic mass is 10.1. The van der Waals surface area contributed by atoms with E-state index in [9.17, 15) is 13.2 Å². The zero-order valence-corrected chi connectivity index (χ0v) is 16.2. The third kappa shape index (κ3) is 4.61. The number of sulfonamides is 1. The molecular formula is C17H27N3O3S2. The maximum atomic E-state index is 13.2. The van der Waals surface area contributed by atoms with Crippen molar-refractivity contribution in [3.63, 3.8) is 0 Å². The normalized spacial score (nSPS) is 20.6. The van der Waals surface area contributed by atoms with Crippen LogP contribution in [0.5, 0.6) is 0 Å². The number of hydrogen-bond acceptors (Lipinski definition) is 5. The molecule has 1 saturated carbocycles. The fourth-order valence-corrected chi connectivity index (χ4v) is 6.38. The number of carbonyl (C=O) groups excluding carboxylic acids is 1. The van der Waals surface area contributed by atoms with E-state index in [0.29, 0.717) is 17.3 Å². The summed E-state index contributed by atoms with van der Waals surface area (Å²) in [5.41, 5.74) is 0. The molecule has 0 atom stereocenters. The third-order valence-corrected chi connectivity index (χ3v) is 8.32. The molecule has 1 aliphatic carbocycles. The maximum absolute atomic E-state index is 13.2. The summed E-state index contributed by atoms with van der Waals surface area (Å²) in [7, 11) is -3.62. The Kier molecular flexibility index (Phi) is 6.49. The van der Waals surface area contributed by atoms with Crippen LogP contribution in [0.25, 0.3) is 0 Å². The van der Waals surface area contributed by atoms with Crippen molar-refractivity contribution < 1.29 is 13.2 Å². The molecule has 8 heteroatoms. The molecule has 1 aliphatic heterocycles. The van der Waals surface area contributed by atoms with Gasteiger partial charge in [-0.2, -0.15) is 4.31 Å². The first kappa shape index (κ1) is 18.8. The highest BCUT2D eigenvalue weighted by molar-refractivity contribution is 7.91. The van der Waals surface area contributed by atoms with Crippen molar-refractivity contribution in [2.24, 2.45) is 0 Å². The molecule has 1 aromatic heterocycles. The number of piperazine rings is 1. The Morgan fingerprint density at radius 3 is 2.48 bits per heavy atom. The van der Waals surface area contributed by atoms with Crippen molar-refractivity contribution in [3.8, 4) is 0 Å². The average molecular weight is 386 g/mol. The van der Waals surface area contributed by atoms with Crippen molar-refractivity contribution in [2.75, 3.05) is 32.7 Å². The Balaban J connectivity index is 1.82. The molecule has 0 unspecified atom stereocenters. The van der Waals surface area contributed by atoms with E-state index >= 15 is 0 Å². The van der Waals surface area contributed by atoms with Crippen LogP contribution in [-0.2, 0) is 14.8 Å². The maximum Gasteiger partial charge on any atom is 0.253 e. The smallest absolute Gasteiger partial charge is 0.253 e. The van der Waals surface area contributed by atoms with Gasteiger partial charge in [0, 0.05) is 32.2 Å². The van der Waals surface area contributed by atoms with Crippen molar-refractivity contribution in [2.45, 2.75) is 48.8 Å². The first-order valence-corrected chi connectivity index (χ1v) is 11.4. The van der Waals surface area contributed by atoms with E-state index in [1.165, 1.54) is 15.6 Å². The zero-order valence-electron chi connectivity index (χ0n) is 14.5.